The Bertz CT molecular complexity index is 429. The molecule has 1 aliphatic carbocycles. The SMILES string of the molecule is CO[C@H]1O[C@@H]2O[C@@]3(C)CC[C@H]4[C@H](C)CCC([C@H]1C)[C@@]24OO3. The summed E-state index contributed by atoms with van der Waals surface area (Å²) < 4.78 is 17.9. The molecule has 2 bridgehead atoms. The van der Waals surface area contributed by atoms with Gasteiger partial charge in [-0.05, 0) is 38.0 Å². The van der Waals surface area contributed by atoms with Gasteiger partial charge in [0.15, 0.2) is 18.2 Å². The van der Waals surface area contributed by atoms with Crippen LogP contribution in [0.2, 0.25) is 0 Å². The van der Waals surface area contributed by atoms with Crippen LogP contribution in [0.25, 0.3) is 0 Å². The predicted molar refractivity (Wildman–Crippen MR) is 73.8 cm³/mol. The molecule has 0 radical (unpaired) electrons. The minimum Gasteiger partial charge on any atom is -0.355 e. The summed E-state index contributed by atoms with van der Waals surface area (Å²) in [5.41, 5.74) is -0.470. The summed E-state index contributed by atoms with van der Waals surface area (Å²) in [7, 11) is 1.70. The van der Waals surface area contributed by atoms with Crippen molar-refractivity contribution >= 4 is 0 Å². The first-order chi connectivity index (χ1) is 10.00. The molecular formula is C16H26O5. The fourth-order valence-corrected chi connectivity index (χ4v) is 5.14. The Morgan fingerprint density at radius 1 is 1.05 bits per heavy atom. The van der Waals surface area contributed by atoms with Gasteiger partial charge in [-0.2, -0.15) is 0 Å². The van der Waals surface area contributed by atoms with Crippen molar-refractivity contribution in [1.29, 1.82) is 0 Å². The van der Waals surface area contributed by atoms with E-state index in [1.54, 1.807) is 7.11 Å². The number of hydrogen-bond donors (Lipinski definition) is 0. The molecule has 5 nitrogen and oxygen atoms in total. The van der Waals surface area contributed by atoms with E-state index in [9.17, 15) is 0 Å². The lowest BCUT2D eigenvalue weighted by molar-refractivity contribution is -0.577. The second-order valence-corrected chi connectivity index (χ2v) is 7.51. The number of methoxy groups -OCH3 is 1. The maximum absolute atomic E-state index is 6.21. The highest BCUT2D eigenvalue weighted by Gasteiger charge is 2.69. The minimum absolute atomic E-state index is 0.230. The number of fused-ring (bicyclic) bond motifs is 2. The zero-order valence-corrected chi connectivity index (χ0v) is 13.3. The fraction of sp³-hybridized carbons (Fsp3) is 1.00. The summed E-state index contributed by atoms with van der Waals surface area (Å²) in [6.45, 7) is 6.46. The van der Waals surface area contributed by atoms with Crippen LogP contribution >= 0.6 is 0 Å². The molecule has 4 aliphatic heterocycles. The van der Waals surface area contributed by atoms with Crippen LogP contribution in [0.3, 0.4) is 0 Å². The van der Waals surface area contributed by atoms with Gasteiger partial charge in [0.2, 0.25) is 5.79 Å². The van der Waals surface area contributed by atoms with Gasteiger partial charge in [0.25, 0.3) is 0 Å². The van der Waals surface area contributed by atoms with Crippen LogP contribution in [-0.4, -0.2) is 31.1 Å². The van der Waals surface area contributed by atoms with Crippen LogP contribution in [0.5, 0.6) is 0 Å². The van der Waals surface area contributed by atoms with Crippen molar-refractivity contribution in [3.8, 4) is 0 Å². The lowest BCUT2D eigenvalue weighted by Crippen LogP contribution is -2.70. The molecule has 120 valence electrons. The molecule has 8 atom stereocenters. The quantitative estimate of drug-likeness (QED) is 0.697. The van der Waals surface area contributed by atoms with E-state index in [-0.39, 0.29) is 12.2 Å². The maximum atomic E-state index is 6.21. The molecule has 4 heterocycles. The summed E-state index contributed by atoms with van der Waals surface area (Å²) in [5, 5.41) is 0. The molecule has 0 aromatic heterocycles. The standard InChI is InChI=1S/C16H26O5/c1-9-5-6-12-10(2)13(17-4)18-14-16(12)11(9)7-8-15(3,19-14)20-21-16/h9-14H,5-8H2,1-4H3/t9-,10-,11+,12?,13+,14-,15-,16-/m1/s1. The highest BCUT2D eigenvalue weighted by molar-refractivity contribution is 5.08. The highest BCUT2D eigenvalue weighted by Crippen LogP contribution is 2.60. The van der Waals surface area contributed by atoms with Crippen LogP contribution in [0.4, 0.5) is 0 Å². The summed E-state index contributed by atoms with van der Waals surface area (Å²) in [5.74, 6) is 0.953. The Balaban J connectivity index is 1.79. The van der Waals surface area contributed by atoms with Crippen LogP contribution in [0.15, 0.2) is 0 Å². The van der Waals surface area contributed by atoms with Crippen molar-refractivity contribution in [3.63, 3.8) is 0 Å². The first-order valence-corrected chi connectivity index (χ1v) is 8.23. The van der Waals surface area contributed by atoms with Gasteiger partial charge >= 0.3 is 0 Å². The third-order valence-electron chi connectivity index (χ3n) is 6.33. The summed E-state index contributed by atoms with van der Waals surface area (Å²) >= 11 is 0. The maximum Gasteiger partial charge on any atom is 0.201 e. The molecule has 5 heteroatoms. The van der Waals surface area contributed by atoms with Crippen molar-refractivity contribution in [1.82, 2.24) is 0 Å². The minimum atomic E-state index is -0.698. The van der Waals surface area contributed by atoms with E-state index in [0.29, 0.717) is 17.8 Å². The van der Waals surface area contributed by atoms with Crippen molar-refractivity contribution < 1.29 is 24.0 Å². The normalized spacial score (nSPS) is 59.4. The molecular weight excluding hydrogens is 272 g/mol. The molecule has 5 rings (SSSR count). The molecule has 1 spiro atoms. The largest absolute Gasteiger partial charge is 0.355 e. The zero-order valence-electron chi connectivity index (χ0n) is 13.3. The molecule has 0 amide bonds. The van der Waals surface area contributed by atoms with Gasteiger partial charge in [-0.3, -0.25) is 0 Å². The third-order valence-corrected chi connectivity index (χ3v) is 6.33. The summed E-state index contributed by atoms with van der Waals surface area (Å²) in [6.07, 6.45) is 3.64. The molecule has 1 saturated carbocycles. The van der Waals surface area contributed by atoms with E-state index in [4.69, 9.17) is 24.0 Å². The van der Waals surface area contributed by atoms with Gasteiger partial charge < -0.3 is 14.2 Å². The van der Waals surface area contributed by atoms with Crippen molar-refractivity contribution in [2.75, 3.05) is 7.11 Å². The smallest absolute Gasteiger partial charge is 0.201 e. The van der Waals surface area contributed by atoms with Crippen LogP contribution in [0.1, 0.15) is 46.5 Å². The predicted octanol–water partition coefficient (Wildman–Crippen LogP) is 2.84. The summed E-state index contributed by atoms with van der Waals surface area (Å²) in [4.78, 5) is 11.8. The second kappa shape index (κ2) is 4.65. The molecule has 0 aromatic rings. The van der Waals surface area contributed by atoms with Gasteiger partial charge in [0, 0.05) is 25.4 Å². The summed E-state index contributed by atoms with van der Waals surface area (Å²) in [6, 6.07) is 0. The Labute approximate surface area is 126 Å². The van der Waals surface area contributed by atoms with Gasteiger partial charge in [-0.25, -0.2) is 9.78 Å². The number of ether oxygens (including phenoxy) is 3. The Hall–Kier alpha value is -0.200. The average Bonchev–Trinajstić information content (AvgIpc) is 2.69. The van der Waals surface area contributed by atoms with Crippen LogP contribution < -0.4 is 0 Å². The van der Waals surface area contributed by atoms with Gasteiger partial charge in [-0.1, -0.05) is 13.8 Å². The van der Waals surface area contributed by atoms with E-state index in [0.717, 1.165) is 19.3 Å². The topological polar surface area (TPSA) is 46.2 Å². The Morgan fingerprint density at radius 2 is 1.86 bits per heavy atom. The van der Waals surface area contributed by atoms with E-state index in [2.05, 4.69) is 13.8 Å². The Morgan fingerprint density at radius 3 is 2.62 bits per heavy atom. The van der Waals surface area contributed by atoms with Crippen LogP contribution in [-0.2, 0) is 24.0 Å². The van der Waals surface area contributed by atoms with E-state index < -0.39 is 17.7 Å². The monoisotopic (exact) mass is 298 g/mol. The van der Waals surface area contributed by atoms with Gasteiger partial charge in [0.05, 0.1) is 0 Å². The first-order valence-electron chi connectivity index (χ1n) is 8.23. The highest BCUT2D eigenvalue weighted by atomic mass is 17.3. The molecule has 21 heavy (non-hydrogen) atoms. The number of rotatable bonds is 1. The lowest BCUT2D eigenvalue weighted by Gasteiger charge is -2.60. The van der Waals surface area contributed by atoms with Gasteiger partial charge in [-0.15, -0.1) is 0 Å². The van der Waals surface area contributed by atoms with E-state index in [1.165, 1.54) is 6.42 Å². The second-order valence-electron chi connectivity index (χ2n) is 7.51. The molecule has 0 N–H and O–H groups in total. The zero-order chi connectivity index (χ0) is 14.8. The number of hydrogen-bond acceptors (Lipinski definition) is 5. The van der Waals surface area contributed by atoms with Crippen molar-refractivity contribution in [2.24, 2.45) is 23.7 Å². The Kier molecular flexibility index (Phi) is 3.19. The average molecular weight is 298 g/mol. The molecule has 5 aliphatic rings. The van der Waals surface area contributed by atoms with Crippen LogP contribution in [0, 0.1) is 23.7 Å². The third kappa shape index (κ3) is 1.81. The van der Waals surface area contributed by atoms with Crippen molar-refractivity contribution in [2.45, 2.75) is 70.4 Å². The van der Waals surface area contributed by atoms with E-state index in [1.807, 2.05) is 6.92 Å². The fourth-order valence-electron chi connectivity index (χ4n) is 5.14. The molecule has 5 fully saturated rings. The molecule has 4 saturated heterocycles. The van der Waals surface area contributed by atoms with E-state index >= 15 is 0 Å². The van der Waals surface area contributed by atoms with Gasteiger partial charge in [0.1, 0.15) is 0 Å². The first kappa shape index (κ1) is 14.4. The molecule has 0 aromatic carbocycles. The molecule has 1 unspecified atom stereocenters. The van der Waals surface area contributed by atoms with Crippen molar-refractivity contribution in [3.05, 3.63) is 0 Å². The lowest BCUT2D eigenvalue weighted by atomic mass is 9.58.